The van der Waals surface area contributed by atoms with E-state index in [1.807, 2.05) is 0 Å². The van der Waals surface area contributed by atoms with Crippen LogP contribution in [-0.4, -0.2) is 40.1 Å². The van der Waals surface area contributed by atoms with Crippen LogP contribution in [0, 0.1) is 11.3 Å². The van der Waals surface area contributed by atoms with Gasteiger partial charge in [0, 0.05) is 17.8 Å². The van der Waals surface area contributed by atoms with Crippen molar-refractivity contribution in [2.75, 3.05) is 18.5 Å². The average molecular weight is 387 g/mol. The molecule has 0 spiro atoms. The molecule has 0 radical (unpaired) electrons. The number of hydrogen-bond donors (Lipinski definition) is 3. The van der Waals surface area contributed by atoms with Crippen molar-refractivity contribution in [3.05, 3.63) is 52.6 Å². The molecular weight excluding hydrogens is 366 g/mol. The Kier molecular flexibility index (Phi) is 6.93. The number of hydrogen-bond acceptors (Lipinski definition) is 6. The smallest absolute Gasteiger partial charge is 0.248 e. The van der Waals surface area contributed by atoms with Crippen molar-refractivity contribution in [1.82, 2.24) is 4.90 Å². The molecule has 2 heterocycles. The number of fused-ring (bicyclic) bond motifs is 1. The van der Waals surface area contributed by atoms with Crippen LogP contribution in [0.2, 0.25) is 0 Å². The summed E-state index contributed by atoms with van der Waals surface area (Å²) >= 11 is 1.27. The molecule has 0 fully saturated rings. The number of aliphatic hydroxyl groups is 2. The summed E-state index contributed by atoms with van der Waals surface area (Å²) in [6.45, 7) is 7.40. The topological polar surface area (TPSA) is 114 Å². The zero-order chi connectivity index (χ0) is 20.0. The van der Waals surface area contributed by atoms with Gasteiger partial charge >= 0.3 is 0 Å². The van der Waals surface area contributed by atoms with E-state index < -0.39 is 6.61 Å². The molecule has 8 heteroatoms. The molecule has 0 saturated carbocycles. The van der Waals surface area contributed by atoms with Crippen LogP contribution < -0.4 is 5.32 Å². The molecule has 0 aliphatic carbocycles. The first-order valence-corrected chi connectivity index (χ1v) is 9.15. The molecule has 1 aliphatic heterocycles. The molecule has 2 rings (SSSR count). The Morgan fingerprint density at radius 2 is 2.15 bits per heavy atom. The molecule has 0 atom stereocenters. The van der Waals surface area contributed by atoms with Gasteiger partial charge in [-0.1, -0.05) is 19.2 Å². The second kappa shape index (κ2) is 9.16. The molecule has 3 N–H and O–H groups in total. The first-order valence-electron chi connectivity index (χ1n) is 8.34. The van der Waals surface area contributed by atoms with Crippen LogP contribution in [0.5, 0.6) is 0 Å². The number of carbonyl (C=O) groups is 2. The molecule has 0 unspecified atom stereocenters. The average Bonchev–Trinajstić information content (AvgIpc) is 3.01. The van der Waals surface area contributed by atoms with Gasteiger partial charge in [-0.3, -0.25) is 9.59 Å². The number of nitriles is 1. The SMILES string of the molecule is C=C/C=C(/O)C(=C)CCC(=O)Nc1sc2c(c1C#N)CCN(C(=O)CO)C2. The van der Waals surface area contributed by atoms with Gasteiger partial charge in [0.05, 0.1) is 12.1 Å². The second-order valence-corrected chi connectivity index (χ2v) is 7.09. The predicted molar refractivity (Wildman–Crippen MR) is 103 cm³/mol. The lowest BCUT2D eigenvalue weighted by atomic mass is 10.0. The highest BCUT2D eigenvalue weighted by molar-refractivity contribution is 7.16. The van der Waals surface area contributed by atoms with Crippen molar-refractivity contribution >= 4 is 28.2 Å². The summed E-state index contributed by atoms with van der Waals surface area (Å²) in [5.74, 6) is -0.666. The van der Waals surface area contributed by atoms with E-state index in [2.05, 4.69) is 24.5 Å². The normalized spacial score (nSPS) is 13.5. The zero-order valence-corrected chi connectivity index (χ0v) is 15.6. The summed E-state index contributed by atoms with van der Waals surface area (Å²) in [4.78, 5) is 26.3. The minimum Gasteiger partial charge on any atom is -0.508 e. The Morgan fingerprint density at radius 3 is 2.78 bits per heavy atom. The molecule has 1 aromatic heterocycles. The van der Waals surface area contributed by atoms with Crippen LogP contribution in [0.4, 0.5) is 5.00 Å². The first-order chi connectivity index (χ1) is 12.9. The number of allylic oxidation sites excluding steroid dienone is 3. The van der Waals surface area contributed by atoms with E-state index in [-0.39, 0.29) is 30.4 Å². The van der Waals surface area contributed by atoms with Crippen LogP contribution in [0.15, 0.2) is 36.6 Å². The number of aliphatic hydroxyl groups excluding tert-OH is 2. The van der Waals surface area contributed by atoms with Gasteiger partial charge in [-0.05, 0) is 30.1 Å². The minimum atomic E-state index is -0.549. The third-order valence-electron chi connectivity index (χ3n) is 4.20. The highest BCUT2D eigenvalue weighted by Gasteiger charge is 2.27. The summed E-state index contributed by atoms with van der Waals surface area (Å²) in [6.07, 6.45) is 3.72. The van der Waals surface area contributed by atoms with Crippen molar-refractivity contribution in [2.45, 2.75) is 25.8 Å². The summed E-state index contributed by atoms with van der Waals surface area (Å²) in [5, 5.41) is 31.3. The Balaban J connectivity index is 2.06. The van der Waals surface area contributed by atoms with Gasteiger partial charge in [-0.25, -0.2) is 0 Å². The maximum Gasteiger partial charge on any atom is 0.248 e. The van der Waals surface area contributed by atoms with Crippen molar-refractivity contribution in [2.24, 2.45) is 0 Å². The number of nitrogens with one attached hydrogen (secondary N) is 1. The summed E-state index contributed by atoms with van der Waals surface area (Å²) < 4.78 is 0. The summed E-state index contributed by atoms with van der Waals surface area (Å²) in [7, 11) is 0. The number of rotatable bonds is 7. The van der Waals surface area contributed by atoms with Gasteiger partial charge in [-0.15, -0.1) is 11.3 Å². The second-order valence-electron chi connectivity index (χ2n) is 5.98. The molecule has 0 bridgehead atoms. The van der Waals surface area contributed by atoms with E-state index in [4.69, 9.17) is 5.11 Å². The lowest BCUT2D eigenvalue weighted by Crippen LogP contribution is -2.37. The summed E-state index contributed by atoms with van der Waals surface area (Å²) in [5.41, 5.74) is 1.69. The lowest BCUT2D eigenvalue weighted by molar-refractivity contribution is -0.135. The molecule has 1 aliphatic rings. The third-order valence-corrected chi connectivity index (χ3v) is 5.33. The third kappa shape index (κ3) is 4.84. The minimum absolute atomic E-state index is 0.0178. The number of anilines is 1. The monoisotopic (exact) mass is 387 g/mol. The number of amides is 2. The van der Waals surface area contributed by atoms with E-state index in [1.165, 1.54) is 28.4 Å². The Bertz CT molecular complexity index is 848. The van der Waals surface area contributed by atoms with Crippen molar-refractivity contribution < 1.29 is 19.8 Å². The maximum atomic E-state index is 12.2. The molecule has 0 aromatic carbocycles. The highest BCUT2D eigenvalue weighted by atomic mass is 32.1. The number of thiophene rings is 1. The Hall–Kier alpha value is -2.89. The molecule has 142 valence electrons. The molecule has 0 saturated heterocycles. The Morgan fingerprint density at radius 1 is 1.41 bits per heavy atom. The fourth-order valence-electron chi connectivity index (χ4n) is 2.73. The van der Waals surface area contributed by atoms with Gasteiger partial charge in [-0.2, -0.15) is 5.26 Å². The standard InChI is InChI=1S/C19H21N3O4S/c1-3-4-15(24)12(2)5-6-17(25)21-19-14(9-20)13-7-8-22(18(26)11-23)10-16(13)27-19/h3-4,23-24H,1-2,5-8,10-11H2,(H,21,25)/b15-4+. The van der Waals surface area contributed by atoms with Crippen molar-refractivity contribution in [3.8, 4) is 6.07 Å². The van der Waals surface area contributed by atoms with Crippen molar-refractivity contribution in [3.63, 3.8) is 0 Å². The van der Waals surface area contributed by atoms with E-state index >= 15 is 0 Å². The lowest BCUT2D eigenvalue weighted by Gasteiger charge is -2.26. The van der Waals surface area contributed by atoms with Gasteiger partial charge in [0.25, 0.3) is 0 Å². The predicted octanol–water partition coefficient (Wildman–Crippen LogP) is 2.40. The molecule has 7 nitrogen and oxygen atoms in total. The number of nitrogens with zero attached hydrogens (tertiary/aromatic N) is 2. The summed E-state index contributed by atoms with van der Waals surface area (Å²) in [6, 6.07) is 2.13. The van der Waals surface area contributed by atoms with Gasteiger partial charge < -0.3 is 20.4 Å². The molecule has 27 heavy (non-hydrogen) atoms. The quantitative estimate of drug-likeness (QED) is 0.491. The highest BCUT2D eigenvalue weighted by Crippen LogP contribution is 2.36. The first kappa shape index (κ1) is 20.4. The van der Waals surface area contributed by atoms with E-state index in [0.717, 1.165) is 10.4 Å². The largest absolute Gasteiger partial charge is 0.508 e. The zero-order valence-electron chi connectivity index (χ0n) is 14.8. The van der Waals surface area contributed by atoms with E-state index in [1.54, 1.807) is 0 Å². The molecule has 2 amide bonds. The molecular formula is C19H21N3O4S. The van der Waals surface area contributed by atoms with Crippen LogP contribution in [-0.2, 0) is 22.6 Å². The van der Waals surface area contributed by atoms with Gasteiger partial charge in [0.15, 0.2) is 0 Å². The van der Waals surface area contributed by atoms with Crippen molar-refractivity contribution in [1.29, 1.82) is 5.26 Å². The molecule has 1 aromatic rings. The van der Waals surface area contributed by atoms with E-state index in [9.17, 15) is 20.0 Å². The van der Waals surface area contributed by atoms with Crippen LogP contribution in [0.25, 0.3) is 0 Å². The van der Waals surface area contributed by atoms with Gasteiger partial charge in [0.2, 0.25) is 11.8 Å². The maximum absolute atomic E-state index is 12.2. The fourth-order valence-corrected chi connectivity index (χ4v) is 3.96. The van der Waals surface area contributed by atoms with Gasteiger partial charge in [0.1, 0.15) is 23.4 Å². The van der Waals surface area contributed by atoms with Crippen LogP contribution in [0.1, 0.15) is 28.8 Å². The Labute approximate surface area is 161 Å². The fraction of sp³-hybridized carbons (Fsp3) is 0.316. The number of carbonyl (C=O) groups excluding carboxylic acids is 2. The van der Waals surface area contributed by atoms with E-state index in [0.29, 0.717) is 35.6 Å². The van der Waals surface area contributed by atoms with Crippen LogP contribution in [0.3, 0.4) is 0 Å². The van der Waals surface area contributed by atoms with Crippen LogP contribution >= 0.6 is 11.3 Å².